The first-order chi connectivity index (χ1) is 11.1. The van der Waals surface area contributed by atoms with E-state index >= 15 is 0 Å². The minimum absolute atomic E-state index is 0. The maximum Gasteiger partial charge on any atom is 0.250 e. The van der Waals surface area contributed by atoms with Crippen LogP contribution in [0.5, 0.6) is 0 Å². The van der Waals surface area contributed by atoms with Crippen molar-refractivity contribution in [2.24, 2.45) is 0 Å². The average Bonchev–Trinajstić information content (AvgIpc) is 2.53. The van der Waals surface area contributed by atoms with Crippen LogP contribution in [0.25, 0.3) is 0 Å². The number of hydrogen-bond acceptors (Lipinski definition) is 3. The Kier molecular flexibility index (Phi) is 8.22. The molecule has 6 heteroatoms. The zero-order valence-electron chi connectivity index (χ0n) is 14.5. The molecule has 1 aliphatic rings. The van der Waals surface area contributed by atoms with Crippen LogP contribution in [0.1, 0.15) is 51.5 Å². The Bertz CT molecular complexity index is 557. The molecule has 1 aliphatic carbocycles. The summed E-state index contributed by atoms with van der Waals surface area (Å²) >= 11 is 0. The van der Waals surface area contributed by atoms with Crippen LogP contribution in [0.2, 0.25) is 0 Å². The van der Waals surface area contributed by atoms with Crippen LogP contribution in [0.3, 0.4) is 0 Å². The second-order valence-electron chi connectivity index (χ2n) is 6.26. The molecule has 0 heterocycles. The first-order valence-electron chi connectivity index (χ1n) is 8.45. The number of benzene rings is 1. The molecule has 0 aliphatic heterocycles. The zero-order chi connectivity index (χ0) is 16.7. The van der Waals surface area contributed by atoms with Gasteiger partial charge >= 0.3 is 0 Å². The van der Waals surface area contributed by atoms with Crippen molar-refractivity contribution in [2.45, 2.75) is 58.0 Å². The molecule has 1 fully saturated rings. The van der Waals surface area contributed by atoms with E-state index in [2.05, 4.69) is 22.9 Å². The van der Waals surface area contributed by atoms with Crippen molar-refractivity contribution in [3.8, 4) is 0 Å². The van der Waals surface area contributed by atoms with Gasteiger partial charge < -0.3 is 16.0 Å². The molecule has 0 radical (unpaired) electrons. The standard InChI is InChI=1S/C18H27N3O2.ClH/c1-3-19-13-15-8-7-9-16(12-15)20-17(23)18(21-14(2)22)10-5-4-6-11-18;/h7-9,12,19H,3-6,10-11,13H2,1-2H3,(H,20,23)(H,21,22);1H. The van der Waals surface area contributed by atoms with Crippen molar-refractivity contribution >= 4 is 29.9 Å². The first-order valence-corrected chi connectivity index (χ1v) is 8.45. The van der Waals surface area contributed by atoms with Gasteiger partial charge in [0, 0.05) is 19.2 Å². The van der Waals surface area contributed by atoms with E-state index in [0.29, 0.717) is 12.8 Å². The summed E-state index contributed by atoms with van der Waals surface area (Å²) in [6, 6.07) is 7.83. The predicted octanol–water partition coefficient (Wildman–Crippen LogP) is 3.00. The van der Waals surface area contributed by atoms with Gasteiger partial charge in [-0.15, -0.1) is 12.4 Å². The Morgan fingerprint density at radius 3 is 2.50 bits per heavy atom. The molecule has 134 valence electrons. The van der Waals surface area contributed by atoms with E-state index in [4.69, 9.17) is 0 Å². The van der Waals surface area contributed by atoms with Gasteiger partial charge in [-0.25, -0.2) is 0 Å². The number of nitrogens with one attached hydrogen (secondary N) is 3. The molecule has 1 aromatic rings. The van der Waals surface area contributed by atoms with E-state index in [9.17, 15) is 9.59 Å². The lowest BCUT2D eigenvalue weighted by atomic mass is 9.80. The largest absolute Gasteiger partial charge is 0.342 e. The Hall–Kier alpha value is -1.59. The van der Waals surface area contributed by atoms with Gasteiger partial charge in [0.15, 0.2) is 0 Å². The molecule has 1 saturated carbocycles. The zero-order valence-corrected chi connectivity index (χ0v) is 15.3. The summed E-state index contributed by atoms with van der Waals surface area (Å²) in [6.07, 6.45) is 4.46. The number of halogens is 1. The summed E-state index contributed by atoms with van der Waals surface area (Å²) < 4.78 is 0. The van der Waals surface area contributed by atoms with Crippen LogP contribution < -0.4 is 16.0 Å². The first kappa shape index (κ1) is 20.5. The molecule has 0 aromatic heterocycles. The van der Waals surface area contributed by atoms with Gasteiger partial charge in [0.25, 0.3) is 0 Å². The van der Waals surface area contributed by atoms with E-state index in [1.54, 1.807) is 0 Å². The molecule has 24 heavy (non-hydrogen) atoms. The van der Waals surface area contributed by atoms with E-state index in [1.807, 2.05) is 24.3 Å². The van der Waals surface area contributed by atoms with Crippen LogP contribution in [-0.4, -0.2) is 23.9 Å². The summed E-state index contributed by atoms with van der Waals surface area (Å²) in [5.74, 6) is -0.254. The molecule has 2 amide bonds. The quantitative estimate of drug-likeness (QED) is 0.736. The fraction of sp³-hybridized carbons (Fsp3) is 0.556. The minimum atomic E-state index is -0.762. The summed E-state index contributed by atoms with van der Waals surface area (Å²) in [4.78, 5) is 24.4. The predicted molar refractivity (Wildman–Crippen MR) is 99.3 cm³/mol. The normalized spacial score (nSPS) is 15.9. The summed E-state index contributed by atoms with van der Waals surface area (Å²) in [5.41, 5.74) is 1.14. The molecular weight excluding hydrogens is 326 g/mol. The molecule has 5 nitrogen and oxygen atoms in total. The fourth-order valence-corrected chi connectivity index (χ4v) is 3.18. The topological polar surface area (TPSA) is 70.2 Å². The highest BCUT2D eigenvalue weighted by Crippen LogP contribution is 2.29. The maximum absolute atomic E-state index is 12.8. The number of hydrogen-bond donors (Lipinski definition) is 3. The van der Waals surface area contributed by atoms with Gasteiger partial charge in [0.2, 0.25) is 11.8 Å². The van der Waals surface area contributed by atoms with Gasteiger partial charge in [-0.1, -0.05) is 38.3 Å². The van der Waals surface area contributed by atoms with Gasteiger partial charge in [-0.2, -0.15) is 0 Å². The third kappa shape index (κ3) is 5.49. The van der Waals surface area contributed by atoms with E-state index in [-0.39, 0.29) is 24.2 Å². The number of rotatable bonds is 6. The van der Waals surface area contributed by atoms with Crippen molar-refractivity contribution in [3.63, 3.8) is 0 Å². The van der Waals surface area contributed by atoms with Crippen LogP contribution in [0, 0.1) is 0 Å². The Morgan fingerprint density at radius 2 is 1.88 bits per heavy atom. The van der Waals surface area contributed by atoms with Gasteiger partial charge in [0.05, 0.1) is 0 Å². The Morgan fingerprint density at radius 1 is 1.17 bits per heavy atom. The van der Waals surface area contributed by atoms with Crippen molar-refractivity contribution in [3.05, 3.63) is 29.8 Å². The van der Waals surface area contributed by atoms with Crippen molar-refractivity contribution < 1.29 is 9.59 Å². The molecule has 0 unspecified atom stereocenters. The number of carbonyl (C=O) groups is 2. The second kappa shape index (κ2) is 9.64. The highest BCUT2D eigenvalue weighted by Gasteiger charge is 2.40. The molecule has 0 atom stereocenters. The number of amides is 2. The molecule has 3 N–H and O–H groups in total. The van der Waals surface area contributed by atoms with Crippen LogP contribution in [0.15, 0.2) is 24.3 Å². The number of anilines is 1. The van der Waals surface area contributed by atoms with Crippen molar-refractivity contribution in [2.75, 3.05) is 11.9 Å². The minimum Gasteiger partial charge on any atom is -0.342 e. The molecular formula is C18H28ClN3O2. The SMILES string of the molecule is CCNCc1cccc(NC(=O)C2(NC(C)=O)CCCCC2)c1.Cl. The molecule has 0 bridgehead atoms. The molecule has 2 rings (SSSR count). The second-order valence-corrected chi connectivity index (χ2v) is 6.26. The monoisotopic (exact) mass is 353 g/mol. The van der Waals surface area contributed by atoms with Gasteiger partial charge in [-0.05, 0) is 37.1 Å². The van der Waals surface area contributed by atoms with E-state index in [1.165, 1.54) is 6.92 Å². The molecule has 0 spiro atoms. The highest BCUT2D eigenvalue weighted by molar-refractivity contribution is 6.00. The van der Waals surface area contributed by atoms with E-state index in [0.717, 1.165) is 43.6 Å². The lowest BCUT2D eigenvalue weighted by Crippen LogP contribution is -2.57. The van der Waals surface area contributed by atoms with Crippen LogP contribution >= 0.6 is 12.4 Å². The third-order valence-corrected chi connectivity index (χ3v) is 4.32. The van der Waals surface area contributed by atoms with E-state index < -0.39 is 5.54 Å². The highest BCUT2D eigenvalue weighted by atomic mass is 35.5. The van der Waals surface area contributed by atoms with Gasteiger partial charge in [-0.3, -0.25) is 9.59 Å². The maximum atomic E-state index is 12.8. The molecule has 1 aromatic carbocycles. The van der Waals surface area contributed by atoms with Crippen molar-refractivity contribution in [1.29, 1.82) is 0 Å². The van der Waals surface area contributed by atoms with Crippen LogP contribution in [-0.2, 0) is 16.1 Å². The Balaban J connectivity index is 0.00000288. The summed E-state index contributed by atoms with van der Waals surface area (Å²) in [7, 11) is 0. The van der Waals surface area contributed by atoms with Crippen LogP contribution in [0.4, 0.5) is 5.69 Å². The van der Waals surface area contributed by atoms with Gasteiger partial charge in [0.1, 0.15) is 5.54 Å². The smallest absolute Gasteiger partial charge is 0.250 e. The lowest BCUT2D eigenvalue weighted by Gasteiger charge is -2.36. The van der Waals surface area contributed by atoms with Crippen molar-refractivity contribution in [1.82, 2.24) is 10.6 Å². The third-order valence-electron chi connectivity index (χ3n) is 4.32. The Labute approximate surface area is 150 Å². The summed E-state index contributed by atoms with van der Waals surface area (Å²) in [6.45, 7) is 5.21. The molecule has 0 saturated heterocycles. The summed E-state index contributed by atoms with van der Waals surface area (Å²) in [5, 5.41) is 9.17. The number of carbonyl (C=O) groups excluding carboxylic acids is 2. The lowest BCUT2D eigenvalue weighted by molar-refractivity contribution is -0.130. The average molecular weight is 354 g/mol. The fourth-order valence-electron chi connectivity index (χ4n) is 3.18.